The summed E-state index contributed by atoms with van der Waals surface area (Å²) in [6.07, 6.45) is 1.62. The Morgan fingerprint density at radius 3 is 2.76 bits per heavy atom. The van der Waals surface area contributed by atoms with Crippen LogP contribution in [0.5, 0.6) is 0 Å². The summed E-state index contributed by atoms with van der Waals surface area (Å²) in [6, 6.07) is 5.86. The normalized spacial score (nSPS) is 11.8. The molecular formula is C14H15ClN4O2. The van der Waals surface area contributed by atoms with Gasteiger partial charge in [0.1, 0.15) is 6.04 Å². The highest BCUT2D eigenvalue weighted by atomic mass is 35.5. The molecule has 0 radical (unpaired) electrons. The number of nitrogens with zero attached hydrogens (tertiary/aromatic N) is 1. The lowest BCUT2D eigenvalue weighted by atomic mass is 10.2. The Balaban J connectivity index is 2.14. The van der Waals surface area contributed by atoms with Crippen LogP contribution in [0.1, 0.15) is 6.92 Å². The zero-order valence-corrected chi connectivity index (χ0v) is 12.4. The fourth-order valence-electron chi connectivity index (χ4n) is 1.78. The van der Waals surface area contributed by atoms with Gasteiger partial charge in [0.2, 0.25) is 5.91 Å². The van der Waals surface area contributed by atoms with Gasteiger partial charge in [-0.05, 0) is 31.2 Å². The van der Waals surface area contributed by atoms with Crippen molar-refractivity contribution < 1.29 is 9.59 Å². The zero-order chi connectivity index (χ0) is 15.4. The number of hydrogen-bond acceptors (Lipinski definition) is 3. The topological polar surface area (TPSA) is 83.1 Å². The molecule has 6 nitrogen and oxygen atoms in total. The van der Waals surface area contributed by atoms with Gasteiger partial charge < -0.3 is 16.0 Å². The summed E-state index contributed by atoms with van der Waals surface area (Å²) in [4.78, 5) is 27.3. The molecule has 1 unspecified atom stereocenters. The number of nitrogens with one attached hydrogen (secondary N) is 3. The maximum atomic E-state index is 12.0. The molecule has 3 N–H and O–H groups in total. The molecular weight excluding hydrogens is 292 g/mol. The summed E-state index contributed by atoms with van der Waals surface area (Å²) in [5, 5.41) is 8.93. The average Bonchev–Trinajstić information content (AvgIpc) is 2.47. The molecule has 0 bridgehead atoms. The third kappa shape index (κ3) is 3.61. The second-order valence-corrected chi connectivity index (χ2v) is 4.87. The van der Waals surface area contributed by atoms with Crippen LogP contribution < -0.4 is 16.0 Å². The lowest BCUT2D eigenvalue weighted by molar-refractivity contribution is -0.117. The van der Waals surface area contributed by atoms with Crippen molar-refractivity contribution >= 4 is 40.1 Å². The standard InChI is InChI=1S/C14H15ClN4O2/c1-8(18-14(21)16-2)13(20)19-9-3-4-12-10(7-9)11(15)5-6-17-12/h3-8H,1-2H3,(H,19,20)(H2,16,18,21). The number of aromatic nitrogens is 1. The van der Waals surface area contributed by atoms with Crippen LogP contribution >= 0.6 is 11.6 Å². The minimum absolute atomic E-state index is 0.321. The Morgan fingerprint density at radius 1 is 1.29 bits per heavy atom. The van der Waals surface area contributed by atoms with Crippen LogP contribution in [0.4, 0.5) is 10.5 Å². The molecule has 1 heterocycles. The number of carbonyl (C=O) groups excluding carboxylic acids is 2. The Morgan fingerprint density at radius 2 is 2.05 bits per heavy atom. The van der Waals surface area contributed by atoms with Gasteiger partial charge in [-0.25, -0.2) is 4.79 Å². The smallest absolute Gasteiger partial charge is 0.315 e. The van der Waals surface area contributed by atoms with Gasteiger partial charge in [0.25, 0.3) is 0 Å². The average molecular weight is 307 g/mol. The lowest BCUT2D eigenvalue weighted by Gasteiger charge is -2.14. The molecule has 0 aliphatic heterocycles. The van der Waals surface area contributed by atoms with Crippen molar-refractivity contribution in [2.24, 2.45) is 0 Å². The van der Waals surface area contributed by atoms with E-state index in [1.165, 1.54) is 7.05 Å². The Bertz CT molecular complexity index is 690. The molecule has 1 aromatic carbocycles. The first kappa shape index (κ1) is 15.1. The summed E-state index contributed by atoms with van der Waals surface area (Å²) in [6.45, 7) is 1.60. The summed E-state index contributed by atoms with van der Waals surface area (Å²) in [5.74, 6) is -0.321. The minimum Gasteiger partial charge on any atom is -0.341 e. The number of anilines is 1. The van der Waals surface area contributed by atoms with Crippen molar-refractivity contribution in [2.45, 2.75) is 13.0 Å². The Hall–Kier alpha value is -2.34. The number of pyridine rings is 1. The molecule has 2 rings (SSSR count). The van der Waals surface area contributed by atoms with Crippen LogP contribution in [0.3, 0.4) is 0 Å². The van der Waals surface area contributed by atoms with E-state index in [4.69, 9.17) is 11.6 Å². The van der Waals surface area contributed by atoms with Crippen LogP contribution in [-0.2, 0) is 4.79 Å². The van der Waals surface area contributed by atoms with Gasteiger partial charge in [0.15, 0.2) is 0 Å². The molecule has 110 valence electrons. The fraction of sp³-hybridized carbons (Fsp3) is 0.214. The van der Waals surface area contributed by atoms with Crippen LogP contribution in [-0.4, -0.2) is 30.0 Å². The zero-order valence-electron chi connectivity index (χ0n) is 11.6. The van der Waals surface area contributed by atoms with E-state index in [0.29, 0.717) is 10.7 Å². The number of fused-ring (bicyclic) bond motifs is 1. The number of hydrogen-bond donors (Lipinski definition) is 3. The van der Waals surface area contributed by atoms with Gasteiger partial charge in [0.05, 0.1) is 10.5 Å². The minimum atomic E-state index is -0.662. The number of amides is 3. The second kappa shape index (κ2) is 6.41. The Labute approximate surface area is 126 Å². The molecule has 0 saturated carbocycles. The van der Waals surface area contributed by atoms with Crippen LogP contribution in [0.2, 0.25) is 5.02 Å². The number of halogens is 1. The predicted octanol–water partition coefficient (Wildman–Crippen LogP) is 2.14. The third-order valence-corrected chi connectivity index (χ3v) is 3.25. The third-order valence-electron chi connectivity index (χ3n) is 2.92. The fourth-order valence-corrected chi connectivity index (χ4v) is 1.98. The molecule has 7 heteroatoms. The molecule has 0 saturated heterocycles. The summed E-state index contributed by atoms with van der Waals surface area (Å²) in [7, 11) is 1.48. The SMILES string of the molecule is CNC(=O)NC(C)C(=O)Nc1ccc2nccc(Cl)c2c1. The van der Waals surface area contributed by atoms with E-state index in [9.17, 15) is 9.59 Å². The molecule has 0 aliphatic carbocycles. The van der Waals surface area contributed by atoms with E-state index in [-0.39, 0.29) is 5.91 Å². The largest absolute Gasteiger partial charge is 0.341 e. The highest BCUT2D eigenvalue weighted by molar-refractivity contribution is 6.35. The monoisotopic (exact) mass is 306 g/mol. The molecule has 1 atom stereocenters. The van der Waals surface area contributed by atoms with Crippen LogP contribution in [0, 0.1) is 0 Å². The quantitative estimate of drug-likeness (QED) is 0.812. The summed E-state index contributed by atoms with van der Waals surface area (Å²) in [5.41, 5.74) is 1.34. The predicted molar refractivity (Wildman–Crippen MR) is 82.4 cm³/mol. The molecule has 0 fully saturated rings. The molecule has 2 aromatic rings. The first-order valence-corrected chi connectivity index (χ1v) is 6.72. The van der Waals surface area contributed by atoms with Crippen molar-refractivity contribution in [1.82, 2.24) is 15.6 Å². The number of rotatable bonds is 3. The molecule has 3 amide bonds. The van der Waals surface area contributed by atoms with Crippen molar-refractivity contribution in [3.63, 3.8) is 0 Å². The van der Waals surface area contributed by atoms with Crippen molar-refractivity contribution in [3.05, 3.63) is 35.5 Å². The lowest BCUT2D eigenvalue weighted by Crippen LogP contribution is -2.45. The van der Waals surface area contributed by atoms with Crippen LogP contribution in [0.25, 0.3) is 10.9 Å². The van der Waals surface area contributed by atoms with Crippen molar-refractivity contribution in [2.75, 3.05) is 12.4 Å². The van der Waals surface area contributed by atoms with Crippen molar-refractivity contribution in [3.8, 4) is 0 Å². The van der Waals surface area contributed by atoms with E-state index in [2.05, 4.69) is 20.9 Å². The van der Waals surface area contributed by atoms with E-state index in [1.54, 1.807) is 37.4 Å². The molecule has 1 aromatic heterocycles. The maximum Gasteiger partial charge on any atom is 0.315 e. The highest BCUT2D eigenvalue weighted by Crippen LogP contribution is 2.24. The van der Waals surface area contributed by atoms with Gasteiger partial charge >= 0.3 is 6.03 Å². The molecule has 21 heavy (non-hydrogen) atoms. The van der Waals surface area contributed by atoms with Gasteiger partial charge in [0, 0.05) is 24.3 Å². The van der Waals surface area contributed by atoms with E-state index in [1.807, 2.05) is 0 Å². The second-order valence-electron chi connectivity index (χ2n) is 4.46. The molecule has 0 aliphatic rings. The van der Waals surface area contributed by atoms with Crippen molar-refractivity contribution in [1.29, 1.82) is 0 Å². The number of urea groups is 1. The van der Waals surface area contributed by atoms with E-state index >= 15 is 0 Å². The van der Waals surface area contributed by atoms with Gasteiger partial charge in [-0.2, -0.15) is 0 Å². The van der Waals surface area contributed by atoms with Crippen LogP contribution in [0.15, 0.2) is 30.5 Å². The van der Waals surface area contributed by atoms with E-state index in [0.717, 1.165) is 10.9 Å². The number of benzene rings is 1. The summed E-state index contributed by atoms with van der Waals surface area (Å²) >= 11 is 6.10. The summed E-state index contributed by atoms with van der Waals surface area (Å²) < 4.78 is 0. The first-order chi connectivity index (χ1) is 10.0. The highest BCUT2D eigenvalue weighted by Gasteiger charge is 2.15. The van der Waals surface area contributed by atoms with Gasteiger partial charge in [-0.15, -0.1) is 0 Å². The van der Waals surface area contributed by atoms with E-state index < -0.39 is 12.1 Å². The van der Waals surface area contributed by atoms with Gasteiger partial charge in [-0.3, -0.25) is 9.78 Å². The Kier molecular flexibility index (Phi) is 4.59. The van der Waals surface area contributed by atoms with Gasteiger partial charge in [-0.1, -0.05) is 11.6 Å². The molecule has 0 spiro atoms. The number of carbonyl (C=O) groups is 2. The first-order valence-electron chi connectivity index (χ1n) is 6.34. The maximum absolute atomic E-state index is 12.0.